The van der Waals surface area contributed by atoms with Gasteiger partial charge < -0.3 is 14.5 Å². The van der Waals surface area contributed by atoms with Crippen LogP contribution < -0.4 is 15.7 Å². The van der Waals surface area contributed by atoms with Crippen LogP contribution in [0, 0.1) is 0 Å². The van der Waals surface area contributed by atoms with Crippen LogP contribution >= 0.6 is 0 Å². The molecule has 3 aromatic rings. The van der Waals surface area contributed by atoms with Crippen molar-refractivity contribution in [1.82, 2.24) is 4.98 Å². The van der Waals surface area contributed by atoms with Crippen LogP contribution in [0.25, 0.3) is 11.0 Å². The molecule has 3 rings (SSSR count). The summed E-state index contributed by atoms with van der Waals surface area (Å²) in [5.74, 6) is -0.740. The third-order valence-corrected chi connectivity index (χ3v) is 3.26. The molecular formula is C17H11F3N2O4. The predicted molar refractivity (Wildman–Crippen MR) is 86.2 cm³/mol. The Balaban J connectivity index is 1.69. The molecule has 0 spiro atoms. The van der Waals surface area contributed by atoms with Crippen LogP contribution in [-0.2, 0) is 0 Å². The van der Waals surface area contributed by atoms with Crippen molar-refractivity contribution in [1.29, 1.82) is 0 Å². The van der Waals surface area contributed by atoms with E-state index in [1.165, 1.54) is 18.2 Å². The average molecular weight is 364 g/mol. The first kappa shape index (κ1) is 17.5. The molecule has 0 aliphatic heterocycles. The van der Waals surface area contributed by atoms with Gasteiger partial charge in [-0.25, -0.2) is 9.78 Å². The van der Waals surface area contributed by atoms with E-state index < -0.39 is 24.3 Å². The summed E-state index contributed by atoms with van der Waals surface area (Å²) in [6.07, 6.45) is -3.35. The SMILES string of the molecule is O=C(Nc1ccc2oc(=O)ccc2c1)c1ccc(OCC(F)(F)F)nc1. The molecule has 1 amide bonds. The first-order valence-corrected chi connectivity index (χ1v) is 7.31. The fourth-order valence-electron chi connectivity index (χ4n) is 2.11. The molecule has 0 aliphatic carbocycles. The topological polar surface area (TPSA) is 81.4 Å². The van der Waals surface area contributed by atoms with E-state index in [0.717, 1.165) is 6.20 Å². The lowest BCUT2D eigenvalue weighted by molar-refractivity contribution is -0.154. The molecular weight excluding hydrogens is 353 g/mol. The third-order valence-electron chi connectivity index (χ3n) is 3.26. The van der Waals surface area contributed by atoms with Gasteiger partial charge in [-0.1, -0.05) is 0 Å². The molecule has 134 valence electrons. The monoisotopic (exact) mass is 364 g/mol. The molecule has 0 fully saturated rings. The number of nitrogens with zero attached hydrogens (tertiary/aromatic N) is 1. The number of carbonyl (C=O) groups excluding carboxylic acids is 1. The number of rotatable bonds is 4. The third kappa shape index (κ3) is 4.38. The number of anilines is 1. The second kappa shape index (κ2) is 6.87. The van der Waals surface area contributed by atoms with E-state index in [-0.39, 0.29) is 11.4 Å². The van der Waals surface area contributed by atoms with Crippen molar-refractivity contribution in [2.75, 3.05) is 11.9 Å². The number of nitrogens with one attached hydrogen (secondary N) is 1. The van der Waals surface area contributed by atoms with Crippen molar-refractivity contribution < 1.29 is 27.1 Å². The maximum atomic E-state index is 12.2. The number of aromatic nitrogens is 1. The van der Waals surface area contributed by atoms with Crippen LogP contribution in [0.1, 0.15) is 10.4 Å². The number of fused-ring (bicyclic) bond motifs is 1. The first-order valence-electron chi connectivity index (χ1n) is 7.31. The molecule has 0 saturated heterocycles. The molecule has 0 bridgehead atoms. The van der Waals surface area contributed by atoms with Gasteiger partial charge in [-0.3, -0.25) is 4.79 Å². The van der Waals surface area contributed by atoms with Crippen molar-refractivity contribution in [2.24, 2.45) is 0 Å². The molecule has 2 heterocycles. The number of hydrogen-bond acceptors (Lipinski definition) is 5. The van der Waals surface area contributed by atoms with Crippen LogP contribution in [0.5, 0.6) is 5.88 Å². The lowest BCUT2D eigenvalue weighted by atomic mass is 10.2. The molecule has 0 unspecified atom stereocenters. The predicted octanol–water partition coefficient (Wildman–Crippen LogP) is 3.38. The Morgan fingerprint density at radius 3 is 2.65 bits per heavy atom. The Labute approximate surface area is 144 Å². The molecule has 1 aromatic carbocycles. The largest absolute Gasteiger partial charge is 0.468 e. The zero-order valence-electron chi connectivity index (χ0n) is 13.0. The summed E-state index contributed by atoms with van der Waals surface area (Å²) in [4.78, 5) is 27.0. The lowest BCUT2D eigenvalue weighted by Crippen LogP contribution is -2.19. The van der Waals surface area contributed by atoms with Gasteiger partial charge in [-0.2, -0.15) is 13.2 Å². The van der Waals surface area contributed by atoms with Crippen LogP contribution in [0.3, 0.4) is 0 Å². The van der Waals surface area contributed by atoms with Gasteiger partial charge in [0.15, 0.2) is 6.61 Å². The number of pyridine rings is 1. The number of benzene rings is 1. The van der Waals surface area contributed by atoms with E-state index in [2.05, 4.69) is 15.0 Å². The highest BCUT2D eigenvalue weighted by Crippen LogP contribution is 2.19. The summed E-state index contributed by atoms with van der Waals surface area (Å²) in [5.41, 5.74) is 0.495. The van der Waals surface area contributed by atoms with Gasteiger partial charge in [0.2, 0.25) is 5.88 Å². The highest BCUT2D eigenvalue weighted by atomic mass is 19.4. The maximum absolute atomic E-state index is 12.2. The van der Waals surface area contributed by atoms with E-state index in [1.54, 1.807) is 24.3 Å². The number of halogens is 3. The minimum absolute atomic E-state index is 0.143. The highest BCUT2D eigenvalue weighted by molar-refractivity contribution is 6.04. The second-order valence-corrected chi connectivity index (χ2v) is 5.25. The van der Waals surface area contributed by atoms with Crippen LogP contribution in [0.15, 0.2) is 57.9 Å². The van der Waals surface area contributed by atoms with Crippen molar-refractivity contribution >= 4 is 22.6 Å². The molecule has 0 radical (unpaired) electrons. The van der Waals surface area contributed by atoms with E-state index in [4.69, 9.17) is 4.42 Å². The summed E-state index contributed by atoms with van der Waals surface area (Å²) in [6, 6.07) is 10.0. The molecule has 9 heteroatoms. The number of amides is 1. The van der Waals surface area contributed by atoms with Crippen molar-refractivity contribution in [3.05, 3.63) is 64.6 Å². The number of carbonyl (C=O) groups is 1. The fraction of sp³-hybridized carbons (Fsp3) is 0.118. The zero-order chi connectivity index (χ0) is 18.7. The van der Waals surface area contributed by atoms with Gasteiger partial charge in [0.05, 0.1) is 5.56 Å². The highest BCUT2D eigenvalue weighted by Gasteiger charge is 2.28. The molecule has 0 aliphatic rings. The van der Waals surface area contributed by atoms with Gasteiger partial charge >= 0.3 is 11.8 Å². The maximum Gasteiger partial charge on any atom is 0.422 e. The Morgan fingerprint density at radius 2 is 1.96 bits per heavy atom. The Hall–Kier alpha value is -3.36. The number of hydrogen-bond donors (Lipinski definition) is 1. The summed E-state index contributed by atoms with van der Waals surface area (Å²) in [5, 5.41) is 3.24. The van der Waals surface area contributed by atoms with Crippen molar-refractivity contribution in [2.45, 2.75) is 6.18 Å². The molecule has 26 heavy (non-hydrogen) atoms. The van der Waals surface area contributed by atoms with Gasteiger partial charge in [0.25, 0.3) is 5.91 Å². The molecule has 2 aromatic heterocycles. The van der Waals surface area contributed by atoms with Crippen LogP contribution in [0.4, 0.5) is 18.9 Å². The Morgan fingerprint density at radius 1 is 1.15 bits per heavy atom. The number of ether oxygens (including phenoxy) is 1. The summed E-state index contributed by atoms with van der Waals surface area (Å²) < 4.78 is 45.7. The average Bonchev–Trinajstić information content (AvgIpc) is 2.60. The molecule has 0 saturated carbocycles. The molecule has 0 atom stereocenters. The van der Waals surface area contributed by atoms with Crippen LogP contribution in [-0.4, -0.2) is 23.7 Å². The number of alkyl halides is 3. The van der Waals surface area contributed by atoms with E-state index in [9.17, 15) is 22.8 Å². The summed E-state index contributed by atoms with van der Waals surface area (Å²) in [6.45, 7) is -1.46. The summed E-state index contributed by atoms with van der Waals surface area (Å²) >= 11 is 0. The van der Waals surface area contributed by atoms with Gasteiger partial charge in [0.1, 0.15) is 5.58 Å². The molecule has 1 N–H and O–H groups in total. The Bertz CT molecular complexity index is 997. The Kier molecular flexibility index (Phi) is 4.61. The fourth-order valence-corrected chi connectivity index (χ4v) is 2.11. The minimum atomic E-state index is -4.47. The normalized spacial score (nSPS) is 11.3. The van der Waals surface area contributed by atoms with Gasteiger partial charge in [-0.15, -0.1) is 0 Å². The smallest absolute Gasteiger partial charge is 0.422 e. The summed E-state index contributed by atoms with van der Waals surface area (Å²) in [7, 11) is 0. The zero-order valence-corrected chi connectivity index (χ0v) is 13.0. The minimum Gasteiger partial charge on any atom is -0.468 e. The lowest BCUT2D eigenvalue weighted by Gasteiger charge is -2.09. The quantitative estimate of drug-likeness (QED) is 0.718. The van der Waals surface area contributed by atoms with E-state index in [0.29, 0.717) is 16.7 Å². The second-order valence-electron chi connectivity index (χ2n) is 5.25. The van der Waals surface area contributed by atoms with Gasteiger partial charge in [-0.05, 0) is 30.3 Å². The van der Waals surface area contributed by atoms with E-state index >= 15 is 0 Å². The first-order chi connectivity index (χ1) is 12.3. The van der Waals surface area contributed by atoms with Crippen molar-refractivity contribution in [3.63, 3.8) is 0 Å². The van der Waals surface area contributed by atoms with Crippen LogP contribution in [0.2, 0.25) is 0 Å². The standard InChI is InChI=1S/C17H11F3N2O4/c18-17(19,20)9-25-14-5-1-11(8-21-14)16(24)22-12-3-4-13-10(7-12)2-6-15(23)26-13/h1-8H,9H2,(H,22,24). The molecule has 6 nitrogen and oxygen atoms in total. The van der Waals surface area contributed by atoms with E-state index in [1.807, 2.05) is 0 Å². The van der Waals surface area contributed by atoms with Gasteiger partial charge in [0, 0.05) is 29.4 Å². The van der Waals surface area contributed by atoms with Crippen molar-refractivity contribution in [3.8, 4) is 5.88 Å².